The average molecular weight is 505 g/mol. The molecule has 1 unspecified atom stereocenters. The molecule has 1 saturated heterocycles. The summed E-state index contributed by atoms with van der Waals surface area (Å²) in [7, 11) is 1.70. The van der Waals surface area contributed by atoms with Crippen molar-refractivity contribution < 1.29 is 14.2 Å². The zero-order chi connectivity index (χ0) is 19.3. The van der Waals surface area contributed by atoms with Crippen LogP contribution < -0.4 is 5.32 Å². The Bertz CT molecular complexity index is 554. The second kappa shape index (κ2) is 15.0. The van der Waals surface area contributed by atoms with Crippen LogP contribution in [0.4, 0.5) is 0 Å². The maximum Gasteiger partial charge on any atom is 0.194 e. The van der Waals surface area contributed by atoms with E-state index >= 15 is 0 Å². The van der Waals surface area contributed by atoms with Gasteiger partial charge in [0.1, 0.15) is 0 Å². The van der Waals surface area contributed by atoms with Crippen LogP contribution in [-0.2, 0) is 27.4 Å². The molecule has 1 fully saturated rings. The van der Waals surface area contributed by atoms with Crippen LogP contribution >= 0.6 is 24.0 Å². The fourth-order valence-corrected chi connectivity index (χ4v) is 3.11. The Balaban J connectivity index is 0.00000392. The lowest BCUT2D eigenvalue weighted by Gasteiger charge is -2.21. The second-order valence-corrected chi connectivity index (χ2v) is 6.79. The number of hydrogen-bond acceptors (Lipinski definition) is 4. The third kappa shape index (κ3) is 9.07. The van der Waals surface area contributed by atoms with Gasteiger partial charge in [-0.2, -0.15) is 0 Å². The number of methoxy groups -OCH3 is 1. The molecule has 2 rings (SSSR count). The molecule has 1 heterocycles. The standard InChI is InChI=1S/C21H35N3O3.HI/c1-4-22-21(24-11-10-20(15-24)17-27-13-12-25-3)23-14-18-6-8-19(9-7-18)16-26-5-2;/h6-9,20H,4-5,10-17H2,1-3H3,(H,22,23);1H. The lowest BCUT2D eigenvalue weighted by atomic mass is 10.1. The Morgan fingerprint density at radius 2 is 1.89 bits per heavy atom. The van der Waals surface area contributed by atoms with Crippen molar-refractivity contribution in [3.05, 3.63) is 35.4 Å². The Morgan fingerprint density at radius 3 is 2.57 bits per heavy atom. The summed E-state index contributed by atoms with van der Waals surface area (Å²) >= 11 is 0. The van der Waals surface area contributed by atoms with Crippen LogP contribution in [0.5, 0.6) is 0 Å². The Kier molecular flexibility index (Phi) is 13.5. The molecule has 1 aromatic rings. The van der Waals surface area contributed by atoms with Gasteiger partial charge in [0.25, 0.3) is 0 Å². The van der Waals surface area contributed by atoms with E-state index in [1.165, 1.54) is 11.1 Å². The largest absolute Gasteiger partial charge is 0.382 e. The third-order valence-corrected chi connectivity index (χ3v) is 4.61. The van der Waals surface area contributed by atoms with Crippen molar-refractivity contribution in [2.45, 2.75) is 33.4 Å². The highest BCUT2D eigenvalue weighted by atomic mass is 127. The summed E-state index contributed by atoms with van der Waals surface area (Å²) in [5.74, 6) is 1.55. The molecule has 0 spiro atoms. The van der Waals surface area contributed by atoms with Gasteiger partial charge in [-0.15, -0.1) is 24.0 Å². The van der Waals surface area contributed by atoms with Gasteiger partial charge in [0.15, 0.2) is 5.96 Å². The van der Waals surface area contributed by atoms with Gasteiger partial charge in [-0.1, -0.05) is 24.3 Å². The van der Waals surface area contributed by atoms with Gasteiger partial charge in [0, 0.05) is 39.3 Å². The van der Waals surface area contributed by atoms with E-state index in [1.807, 2.05) is 6.92 Å². The highest BCUT2D eigenvalue weighted by Gasteiger charge is 2.24. The van der Waals surface area contributed by atoms with Crippen molar-refractivity contribution in [3.8, 4) is 0 Å². The van der Waals surface area contributed by atoms with Crippen LogP contribution in [0, 0.1) is 5.92 Å². The fourth-order valence-electron chi connectivity index (χ4n) is 3.11. The zero-order valence-electron chi connectivity index (χ0n) is 17.5. The van der Waals surface area contributed by atoms with Gasteiger partial charge < -0.3 is 24.4 Å². The summed E-state index contributed by atoms with van der Waals surface area (Å²) in [4.78, 5) is 7.19. The van der Waals surface area contributed by atoms with Crippen LogP contribution in [0.3, 0.4) is 0 Å². The summed E-state index contributed by atoms with van der Waals surface area (Å²) in [5.41, 5.74) is 2.41. The molecule has 0 aromatic heterocycles. The van der Waals surface area contributed by atoms with E-state index in [2.05, 4.69) is 41.4 Å². The lowest BCUT2D eigenvalue weighted by molar-refractivity contribution is 0.0536. The Morgan fingerprint density at radius 1 is 1.14 bits per heavy atom. The minimum atomic E-state index is 0. The second-order valence-electron chi connectivity index (χ2n) is 6.79. The average Bonchev–Trinajstić information content (AvgIpc) is 3.16. The number of aliphatic imine (C=N–C) groups is 1. The lowest BCUT2D eigenvalue weighted by Crippen LogP contribution is -2.40. The molecular formula is C21H36IN3O3. The number of likely N-dealkylation sites (tertiary alicyclic amines) is 1. The molecule has 0 radical (unpaired) electrons. The molecule has 1 N–H and O–H groups in total. The molecule has 6 nitrogen and oxygen atoms in total. The van der Waals surface area contributed by atoms with Crippen LogP contribution in [0.2, 0.25) is 0 Å². The van der Waals surface area contributed by atoms with Gasteiger partial charge in [-0.05, 0) is 31.4 Å². The van der Waals surface area contributed by atoms with Gasteiger partial charge in [-0.3, -0.25) is 0 Å². The normalized spacial score (nSPS) is 16.9. The molecular weight excluding hydrogens is 469 g/mol. The Labute approximate surface area is 187 Å². The van der Waals surface area contributed by atoms with Crippen molar-refractivity contribution in [3.63, 3.8) is 0 Å². The number of guanidine groups is 1. The van der Waals surface area contributed by atoms with Gasteiger partial charge in [0.2, 0.25) is 0 Å². The van der Waals surface area contributed by atoms with Crippen molar-refractivity contribution in [1.82, 2.24) is 10.2 Å². The first-order chi connectivity index (χ1) is 13.3. The molecule has 0 amide bonds. The molecule has 160 valence electrons. The number of hydrogen-bond donors (Lipinski definition) is 1. The van der Waals surface area contributed by atoms with E-state index < -0.39 is 0 Å². The number of nitrogens with zero attached hydrogens (tertiary/aromatic N) is 2. The molecule has 1 aromatic carbocycles. The summed E-state index contributed by atoms with van der Waals surface area (Å²) in [6.45, 7) is 11.2. The van der Waals surface area contributed by atoms with E-state index in [4.69, 9.17) is 19.2 Å². The van der Waals surface area contributed by atoms with Crippen molar-refractivity contribution in [1.29, 1.82) is 0 Å². The monoisotopic (exact) mass is 505 g/mol. The number of nitrogens with one attached hydrogen (secondary N) is 1. The van der Waals surface area contributed by atoms with E-state index in [1.54, 1.807) is 7.11 Å². The highest BCUT2D eigenvalue weighted by Crippen LogP contribution is 2.17. The van der Waals surface area contributed by atoms with Crippen molar-refractivity contribution in [2.24, 2.45) is 10.9 Å². The first-order valence-electron chi connectivity index (χ1n) is 10.0. The summed E-state index contributed by atoms with van der Waals surface area (Å²) in [6, 6.07) is 8.52. The maximum absolute atomic E-state index is 5.69. The highest BCUT2D eigenvalue weighted by molar-refractivity contribution is 14.0. The van der Waals surface area contributed by atoms with Gasteiger partial charge in [0.05, 0.1) is 33.0 Å². The predicted molar refractivity (Wildman–Crippen MR) is 124 cm³/mol. The van der Waals surface area contributed by atoms with Crippen LogP contribution in [-0.4, -0.2) is 64.0 Å². The van der Waals surface area contributed by atoms with E-state index in [0.29, 0.717) is 32.3 Å². The minimum absolute atomic E-state index is 0. The SMILES string of the molecule is CCNC(=NCc1ccc(COCC)cc1)N1CCC(COCCOC)C1.I. The maximum atomic E-state index is 5.69. The Hall–Kier alpha value is -0.900. The summed E-state index contributed by atoms with van der Waals surface area (Å²) < 4.78 is 16.2. The molecule has 1 atom stereocenters. The first kappa shape index (κ1) is 25.1. The first-order valence-corrected chi connectivity index (χ1v) is 10.0. The minimum Gasteiger partial charge on any atom is -0.382 e. The number of benzene rings is 1. The predicted octanol–water partition coefficient (Wildman–Crippen LogP) is 3.29. The van der Waals surface area contributed by atoms with E-state index in [0.717, 1.165) is 45.2 Å². The van der Waals surface area contributed by atoms with Crippen LogP contribution in [0.25, 0.3) is 0 Å². The van der Waals surface area contributed by atoms with Gasteiger partial charge >= 0.3 is 0 Å². The molecule has 1 aliphatic heterocycles. The number of halogens is 1. The molecule has 0 bridgehead atoms. The fraction of sp³-hybridized carbons (Fsp3) is 0.667. The molecule has 7 heteroatoms. The quantitative estimate of drug-likeness (QED) is 0.217. The van der Waals surface area contributed by atoms with E-state index in [9.17, 15) is 0 Å². The van der Waals surface area contributed by atoms with Gasteiger partial charge in [-0.25, -0.2) is 4.99 Å². The number of ether oxygens (including phenoxy) is 3. The molecule has 1 aliphatic rings. The molecule has 28 heavy (non-hydrogen) atoms. The summed E-state index contributed by atoms with van der Waals surface area (Å²) in [5, 5.41) is 3.43. The van der Waals surface area contributed by atoms with E-state index in [-0.39, 0.29) is 24.0 Å². The topological polar surface area (TPSA) is 55.3 Å². The molecule has 0 aliphatic carbocycles. The zero-order valence-corrected chi connectivity index (χ0v) is 19.8. The van der Waals surface area contributed by atoms with Crippen molar-refractivity contribution >= 4 is 29.9 Å². The molecule has 0 saturated carbocycles. The smallest absolute Gasteiger partial charge is 0.194 e. The van der Waals surface area contributed by atoms with Crippen LogP contribution in [0.15, 0.2) is 29.3 Å². The van der Waals surface area contributed by atoms with Crippen LogP contribution in [0.1, 0.15) is 31.4 Å². The third-order valence-electron chi connectivity index (χ3n) is 4.61. The van der Waals surface area contributed by atoms with Crippen molar-refractivity contribution in [2.75, 3.05) is 53.2 Å². The number of rotatable bonds is 11. The summed E-state index contributed by atoms with van der Waals surface area (Å²) in [6.07, 6.45) is 1.14.